The molecule has 5 N–H and O–H groups in total. The van der Waals surface area contributed by atoms with E-state index in [-0.39, 0.29) is 13.0 Å². The molecule has 1 atom stereocenters. The number of nitrogens with one attached hydrogen (secondary N) is 3. The van der Waals surface area contributed by atoms with Gasteiger partial charge >= 0.3 is 11.9 Å². The molecule has 0 fully saturated rings. The Morgan fingerprint density at radius 1 is 1.13 bits per heavy atom. The smallest absolute Gasteiger partial charge is 0.368 e. The normalized spacial score (nSPS) is 18.4. The molecule has 23 heavy (non-hydrogen) atoms. The minimum absolute atomic E-state index is 0.142. The Labute approximate surface area is 131 Å². The van der Waals surface area contributed by atoms with Crippen molar-refractivity contribution in [3.8, 4) is 11.5 Å². The van der Waals surface area contributed by atoms with Crippen molar-refractivity contribution in [2.45, 2.75) is 6.17 Å². The molecule has 0 saturated heterocycles. The van der Waals surface area contributed by atoms with Crippen LogP contribution >= 0.6 is 0 Å². The van der Waals surface area contributed by atoms with E-state index in [4.69, 9.17) is 15.2 Å². The first-order valence-corrected chi connectivity index (χ1v) is 7.37. The number of para-hydroxylation sites is 2. The minimum atomic E-state index is -0.142. The van der Waals surface area contributed by atoms with E-state index in [1.54, 1.807) is 0 Å². The second-order valence-electron chi connectivity index (χ2n) is 5.56. The van der Waals surface area contributed by atoms with E-state index in [9.17, 15) is 0 Å². The monoisotopic (exact) mass is 309 g/mol. The molecule has 2 aliphatic rings. The van der Waals surface area contributed by atoms with E-state index in [2.05, 4.69) is 25.9 Å². The van der Waals surface area contributed by atoms with Crippen molar-refractivity contribution < 1.29 is 19.0 Å². The van der Waals surface area contributed by atoms with Crippen molar-refractivity contribution in [1.82, 2.24) is 4.98 Å². The standard InChI is InChI=1S/C16H13N5O2/c17-15-19-14(9-5-6-12-13(7-9)23-8-22-12)21-11-4-2-1-3-10(11)18-16(21)20-15/h1-7,14H,8H2,(H3,17,18,19,20)/p+2/t14-/m0/s1. The number of rotatable bonds is 1. The van der Waals surface area contributed by atoms with Crippen molar-refractivity contribution in [2.75, 3.05) is 12.1 Å². The zero-order chi connectivity index (χ0) is 15.4. The third-order valence-electron chi connectivity index (χ3n) is 4.17. The molecule has 2 aromatic carbocycles. The number of benzene rings is 2. The Kier molecular flexibility index (Phi) is 2.35. The number of fused-ring (bicyclic) bond motifs is 4. The van der Waals surface area contributed by atoms with Gasteiger partial charge in [-0.05, 0) is 30.3 Å². The minimum Gasteiger partial charge on any atom is -0.454 e. The predicted octanol–water partition coefficient (Wildman–Crippen LogP) is -0.448. The Morgan fingerprint density at radius 2 is 2.00 bits per heavy atom. The Balaban J connectivity index is 1.72. The lowest BCUT2D eigenvalue weighted by Gasteiger charge is -2.17. The molecule has 1 aromatic heterocycles. The van der Waals surface area contributed by atoms with Gasteiger partial charge in [0.25, 0.3) is 0 Å². The molecule has 0 spiro atoms. The van der Waals surface area contributed by atoms with E-state index in [0.717, 1.165) is 34.0 Å². The summed E-state index contributed by atoms with van der Waals surface area (Å²) in [6.07, 6.45) is -0.142. The van der Waals surface area contributed by atoms with E-state index in [0.29, 0.717) is 5.96 Å². The summed E-state index contributed by atoms with van der Waals surface area (Å²) in [5.41, 5.74) is 9.17. The van der Waals surface area contributed by atoms with Crippen LogP contribution in [0.2, 0.25) is 0 Å². The highest BCUT2D eigenvalue weighted by molar-refractivity contribution is 5.87. The van der Waals surface area contributed by atoms with Gasteiger partial charge in [-0.1, -0.05) is 12.1 Å². The lowest BCUT2D eigenvalue weighted by Crippen LogP contribution is -2.88. The summed E-state index contributed by atoms with van der Waals surface area (Å²) in [7, 11) is 0. The van der Waals surface area contributed by atoms with Crippen molar-refractivity contribution in [2.24, 2.45) is 5.73 Å². The number of aromatic amines is 1. The molecule has 0 radical (unpaired) electrons. The van der Waals surface area contributed by atoms with Gasteiger partial charge in [0.2, 0.25) is 13.0 Å². The van der Waals surface area contributed by atoms with Gasteiger partial charge in [0.15, 0.2) is 11.5 Å². The number of H-pyrrole nitrogens is 1. The van der Waals surface area contributed by atoms with Gasteiger partial charge in [0.05, 0.1) is 0 Å². The molecule has 0 amide bonds. The average Bonchev–Trinajstić information content (AvgIpc) is 3.17. The zero-order valence-corrected chi connectivity index (χ0v) is 12.2. The predicted molar refractivity (Wildman–Crippen MR) is 83.0 cm³/mol. The summed E-state index contributed by atoms with van der Waals surface area (Å²) >= 11 is 0. The first kappa shape index (κ1) is 12.3. The number of hydrogen-bond acceptors (Lipinski definition) is 4. The zero-order valence-electron chi connectivity index (χ0n) is 12.2. The van der Waals surface area contributed by atoms with Crippen LogP contribution < -0.4 is 30.1 Å². The van der Waals surface area contributed by atoms with Gasteiger partial charge in [0.1, 0.15) is 11.0 Å². The number of imidazole rings is 1. The van der Waals surface area contributed by atoms with Gasteiger partial charge in [-0.15, -0.1) is 0 Å². The summed E-state index contributed by atoms with van der Waals surface area (Å²) in [5.74, 6) is 2.86. The summed E-state index contributed by atoms with van der Waals surface area (Å²) in [6, 6.07) is 14.0. The number of nitrogens with two attached hydrogens (primary N) is 1. The molecular weight excluding hydrogens is 294 g/mol. The SMILES string of the molecule is NC1=[NH+][C@H](c2ccc3c(c2)OCO3)[n+]2c([nH]c3ccccc32)N1. The van der Waals surface area contributed by atoms with E-state index in [1.165, 1.54) is 0 Å². The fraction of sp³-hybridized carbons (Fsp3) is 0.125. The van der Waals surface area contributed by atoms with Crippen molar-refractivity contribution in [3.05, 3.63) is 48.0 Å². The first-order chi connectivity index (χ1) is 11.3. The van der Waals surface area contributed by atoms with Crippen molar-refractivity contribution in [1.29, 1.82) is 0 Å². The fourth-order valence-electron chi connectivity index (χ4n) is 3.15. The highest BCUT2D eigenvalue weighted by atomic mass is 16.7. The van der Waals surface area contributed by atoms with Gasteiger partial charge in [-0.3, -0.25) is 5.73 Å². The van der Waals surface area contributed by atoms with Crippen LogP contribution in [0.5, 0.6) is 11.5 Å². The van der Waals surface area contributed by atoms with Crippen LogP contribution in [0.25, 0.3) is 11.0 Å². The van der Waals surface area contributed by atoms with Gasteiger partial charge in [0, 0.05) is 5.56 Å². The van der Waals surface area contributed by atoms with Crippen LogP contribution in [0.1, 0.15) is 11.7 Å². The van der Waals surface area contributed by atoms with Crippen LogP contribution in [0.15, 0.2) is 42.5 Å². The second kappa shape index (κ2) is 4.39. The van der Waals surface area contributed by atoms with Crippen molar-refractivity contribution >= 4 is 22.9 Å². The van der Waals surface area contributed by atoms with Gasteiger partial charge in [-0.2, -0.15) is 9.88 Å². The third kappa shape index (κ3) is 1.76. The average molecular weight is 309 g/mol. The summed E-state index contributed by atoms with van der Waals surface area (Å²) in [6.45, 7) is 0.262. The first-order valence-electron chi connectivity index (χ1n) is 7.37. The second-order valence-corrected chi connectivity index (χ2v) is 5.56. The molecule has 0 saturated carbocycles. The number of guanidine groups is 1. The molecule has 0 bridgehead atoms. The highest BCUT2D eigenvalue weighted by Gasteiger charge is 2.33. The van der Waals surface area contributed by atoms with Gasteiger partial charge < -0.3 is 9.47 Å². The number of anilines is 1. The quantitative estimate of drug-likeness (QED) is 0.458. The lowest BCUT2D eigenvalue weighted by molar-refractivity contribution is -0.840. The maximum absolute atomic E-state index is 6.02. The van der Waals surface area contributed by atoms with Crippen LogP contribution in [0.4, 0.5) is 5.95 Å². The van der Waals surface area contributed by atoms with E-state index >= 15 is 0 Å². The summed E-state index contributed by atoms with van der Waals surface area (Å²) in [4.78, 5) is 6.64. The maximum Gasteiger partial charge on any atom is 0.368 e. The van der Waals surface area contributed by atoms with Crippen LogP contribution in [0.3, 0.4) is 0 Å². The molecule has 0 aliphatic carbocycles. The Bertz CT molecular complexity index is 962. The van der Waals surface area contributed by atoms with Crippen molar-refractivity contribution in [3.63, 3.8) is 0 Å². The molecule has 7 nitrogen and oxygen atoms in total. The molecule has 3 aromatic rings. The maximum atomic E-state index is 6.02. The Hall–Kier alpha value is -3.22. The Morgan fingerprint density at radius 3 is 2.96 bits per heavy atom. The van der Waals surface area contributed by atoms with E-state index < -0.39 is 0 Å². The summed E-state index contributed by atoms with van der Waals surface area (Å²) in [5, 5.41) is 3.14. The lowest BCUT2D eigenvalue weighted by atomic mass is 10.1. The molecule has 0 unspecified atom stereocenters. The number of nitrogens with zero attached hydrogens (tertiary/aromatic N) is 1. The number of ether oxygens (including phenoxy) is 2. The fourth-order valence-corrected chi connectivity index (χ4v) is 3.15. The van der Waals surface area contributed by atoms with Gasteiger partial charge in [-0.25, -0.2) is 9.98 Å². The third-order valence-corrected chi connectivity index (χ3v) is 4.17. The molecular formula is C16H15N5O2+2. The van der Waals surface area contributed by atoms with E-state index in [1.807, 2.05) is 36.4 Å². The molecule has 2 aliphatic heterocycles. The summed E-state index contributed by atoms with van der Waals surface area (Å²) < 4.78 is 13.0. The molecule has 3 heterocycles. The molecule has 5 rings (SSSR count). The van der Waals surface area contributed by atoms with Crippen LogP contribution in [0, 0.1) is 0 Å². The number of aromatic nitrogens is 2. The molecule has 114 valence electrons. The number of hydrogen-bond donors (Lipinski definition) is 4. The topological polar surface area (TPSA) is 90.2 Å². The largest absolute Gasteiger partial charge is 0.454 e. The van der Waals surface area contributed by atoms with Crippen LogP contribution in [-0.2, 0) is 0 Å². The molecule has 7 heteroatoms. The highest BCUT2D eigenvalue weighted by Crippen LogP contribution is 2.33. The van der Waals surface area contributed by atoms with Crippen LogP contribution in [-0.4, -0.2) is 17.7 Å².